The van der Waals surface area contributed by atoms with Gasteiger partial charge in [-0.25, -0.2) is 8.78 Å². The summed E-state index contributed by atoms with van der Waals surface area (Å²) in [6, 6.07) is -0.0439. The van der Waals surface area contributed by atoms with Crippen LogP contribution in [0.1, 0.15) is 32.0 Å². The van der Waals surface area contributed by atoms with Gasteiger partial charge in [0.15, 0.2) is 0 Å². The summed E-state index contributed by atoms with van der Waals surface area (Å²) in [6.07, 6.45) is -0.251. The van der Waals surface area contributed by atoms with Crippen molar-refractivity contribution in [3.8, 4) is 0 Å². The summed E-state index contributed by atoms with van der Waals surface area (Å²) >= 11 is 6.13. The van der Waals surface area contributed by atoms with Gasteiger partial charge in [-0.2, -0.15) is 5.10 Å². The van der Waals surface area contributed by atoms with Crippen molar-refractivity contribution in [2.45, 2.75) is 39.3 Å². The molecule has 110 valence electrons. The third-order valence-corrected chi connectivity index (χ3v) is 3.00. The van der Waals surface area contributed by atoms with Crippen molar-refractivity contribution in [2.75, 3.05) is 19.8 Å². The highest BCUT2D eigenvalue weighted by Crippen LogP contribution is 2.25. The number of aryl methyl sites for hydroxylation is 1. The summed E-state index contributed by atoms with van der Waals surface area (Å²) in [5, 5.41) is 8.04. The van der Waals surface area contributed by atoms with Crippen LogP contribution in [0.15, 0.2) is 6.20 Å². The van der Waals surface area contributed by atoms with Crippen molar-refractivity contribution < 1.29 is 13.5 Å². The normalized spacial score (nSPS) is 13.2. The second-order valence-electron chi connectivity index (χ2n) is 4.06. The number of nitrogens with one attached hydrogen (secondary N) is 1. The largest absolute Gasteiger partial charge is 0.375 e. The van der Waals surface area contributed by atoms with Crippen molar-refractivity contribution in [2.24, 2.45) is 0 Å². The lowest BCUT2D eigenvalue weighted by Crippen LogP contribution is -2.25. The standard InChI is InChI=1S/C12H20ClF2N3O/c1-3-16-10(5-6-19-8-11(14)15)12-9(13)7-17-18(12)4-2/h7,10-11,16H,3-6,8H2,1-2H3. The molecule has 0 radical (unpaired) electrons. The number of hydrogen-bond donors (Lipinski definition) is 1. The third kappa shape index (κ3) is 5.04. The van der Waals surface area contributed by atoms with Gasteiger partial charge in [0.25, 0.3) is 6.43 Å². The van der Waals surface area contributed by atoms with Gasteiger partial charge in [0.1, 0.15) is 6.61 Å². The molecule has 0 saturated carbocycles. The van der Waals surface area contributed by atoms with Gasteiger partial charge >= 0.3 is 0 Å². The lowest BCUT2D eigenvalue weighted by molar-refractivity contribution is 0.0142. The molecule has 1 unspecified atom stereocenters. The fourth-order valence-corrected chi connectivity index (χ4v) is 2.20. The number of halogens is 3. The maximum absolute atomic E-state index is 12.0. The Balaban J connectivity index is 2.63. The lowest BCUT2D eigenvalue weighted by atomic mass is 10.1. The number of ether oxygens (including phenoxy) is 1. The Bertz CT molecular complexity index is 374. The van der Waals surface area contributed by atoms with Gasteiger partial charge in [0, 0.05) is 13.2 Å². The van der Waals surface area contributed by atoms with E-state index < -0.39 is 13.0 Å². The number of rotatable bonds is 9. The Hall–Kier alpha value is -0.720. The molecular weight excluding hydrogens is 276 g/mol. The van der Waals surface area contributed by atoms with E-state index in [-0.39, 0.29) is 12.6 Å². The molecule has 7 heteroatoms. The van der Waals surface area contributed by atoms with Gasteiger partial charge in [-0.3, -0.25) is 4.68 Å². The minimum Gasteiger partial charge on any atom is -0.375 e. The zero-order valence-electron chi connectivity index (χ0n) is 11.2. The molecule has 0 aromatic carbocycles. The van der Waals surface area contributed by atoms with Crippen LogP contribution in [0, 0.1) is 0 Å². The summed E-state index contributed by atoms with van der Waals surface area (Å²) in [4.78, 5) is 0. The van der Waals surface area contributed by atoms with Crippen molar-refractivity contribution >= 4 is 11.6 Å². The molecule has 0 spiro atoms. The molecule has 1 aromatic heterocycles. The summed E-state index contributed by atoms with van der Waals surface area (Å²) in [6.45, 7) is 5.15. The van der Waals surface area contributed by atoms with E-state index in [1.807, 2.05) is 18.5 Å². The van der Waals surface area contributed by atoms with Crippen LogP contribution >= 0.6 is 11.6 Å². The van der Waals surface area contributed by atoms with Crippen LogP contribution in [0.3, 0.4) is 0 Å². The van der Waals surface area contributed by atoms with Crippen molar-refractivity contribution in [3.63, 3.8) is 0 Å². The van der Waals surface area contributed by atoms with Crippen LogP contribution in [0.5, 0.6) is 0 Å². The Labute approximate surface area is 117 Å². The van der Waals surface area contributed by atoms with Crippen LogP contribution in [-0.2, 0) is 11.3 Å². The highest BCUT2D eigenvalue weighted by molar-refractivity contribution is 6.31. The van der Waals surface area contributed by atoms with Gasteiger partial charge in [0.05, 0.1) is 23.0 Å². The van der Waals surface area contributed by atoms with Gasteiger partial charge in [-0.05, 0) is 19.9 Å². The molecule has 1 rings (SSSR count). The maximum Gasteiger partial charge on any atom is 0.261 e. The minimum atomic E-state index is -2.43. The van der Waals surface area contributed by atoms with Crippen LogP contribution in [-0.4, -0.2) is 36.0 Å². The van der Waals surface area contributed by atoms with E-state index in [1.165, 1.54) is 0 Å². The van der Waals surface area contributed by atoms with E-state index in [4.69, 9.17) is 16.3 Å². The first-order valence-electron chi connectivity index (χ1n) is 6.40. The monoisotopic (exact) mass is 295 g/mol. The van der Waals surface area contributed by atoms with Crippen LogP contribution in [0.25, 0.3) is 0 Å². The fourth-order valence-electron chi connectivity index (χ4n) is 1.93. The van der Waals surface area contributed by atoms with Gasteiger partial charge in [-0.1, -0.05) is 18.5 Å². The smallest absolute Gasteiger partial charge is 0.261 e. The number of aromatic nitrogens is 2. The van der Waals surface area contributed by atoms with Gasteiger partial charge < -0.3 is 10.1 Å². The molecular formula is C12H20ClF2N3O. The SMILES string of the molecule is CCNC(CCOCC(F)F)c1c(Cl)cnn1CC. The quantitative estimate of drug-likeness (QED) is 0.712. The van der Waals surface area contributed by atoms with E-state index in [0.717, 1.165) is 12.2 Å². The van der Waals surface area contributed by atoms with Crippen molar-refractivity contribution in [1.29, 1.82) is 0 Å². The highest BCUT2D eigenvalue weighted by Gasteiger charge is 2.19. The van der Waals surface area contributed by atoms with Crippen molar-refractivity contribution in [3.05, 3.63) is 16.9 Å². The predicted octanol–water partition coefficient (Wildman–Crippen LogP) is 2.88. The molecule has 0 saturated heterocycles. The number of hydrogen-bond acceptors (Lipinski definition) is 3. The van der Waals surface area contributed by atoms with E-state index in [0.29, 0.717) is 18.0 Å². The summed E-state index contributed by atoms with van der Waals surface area (Å²) in [7, 11) is 0. The second-order valence-corrected chi connectivity index (χ2v) is 4.47. The number of alkyl halides is 2. The molecule has 0 fully saturated rings. The van der Waals surface area contributed by atoms with E-state index in [1.54, 1.807) is 6.20 Å². The topological polar surface area (TPSA) is 39.1 Å². The molecule has 0 aliphatic carbocycles. The molecule has 1 heterocycles. The first kappa shape index (κ1) is 16.3. The fraction of sp³-hybridized carbons (Fsp3) is 0.750. The average molecular weight is 296 g/mol. The Kier molecular flexibility index (Phi) is 7.27. The third-order valence-electron chi connectivity index (χ3n) is 2.71. The predicted molar refractivity (Wildman–Crippen MR) is 70.8 cm³/mol. The molecule has 1 atom stereocenters. The van der Waals surface area contributed by atoms with Crippen LogP contribution in [0.2, 0.25) is 5.02 Å². The molecule has 1 N–H and O–H groups in total. The first-order chi connectivity index (χ1) is 9.10. The lowest BCUT2D eigenvalue weighted by Gasteiger charge is -2.19. The summed E-state index contributed by atoms with van der Waals surface area (Å²) < 4.78 is 30.7. The zero-order valence-corrected chi connectivity index (χ0v) is 12.0. The maximum atomic E-state index is 12.0. The molecule has 19 heavy (non-hydrogen) atoms. The van der Waals surface area contributed by atoms with Crippen LogP contribution in [0.4, 0.5) is 8.78 Å². The molecule has 0 bridgehead atoms. The van der Waals surface area contributed by atoms with Crippen molar-refractivity contribution in [1.82, 2.24) is 15.1 Å². The summed E-state index contributed by atoms with van der Waals surface area (Å²) in [5.41, 5.74) is 0.881. The first-order valence-corrected chi connectivity index (χ1v) is 6.78. The molecule has 1 aromatic rings. The minimum absolute atomic E-state index is 0.0439. The molecule has 0 amide bonds. The van der Waals surface area contributed by atoms with Crippen LogP contribution < -0.4 is 5.32 Å². The molecule has 4 nitrogen and oxygen atoms in total. The molecule has 0 aliphatic rings. The second kappa shape index (κ2) is 8.45. The average Bonchev–Trinajstić information content (AvgIpc) is 2.74. The Morgan fingerprint density at radius 3 is 2.79 bits per heavy atom. The van der Waals surface area contributed by atoms with E-state index in [2.05, 4.69) is 10.4 Å². The summed E-state index contributed by atoms with van der Waals surface area (Å²) in [5.74, 6) is 0. The van der Waals surface area contributed by atoms with Gasteiger partial charge in [0.2, 0.25) is 0 Å². The molecule has 0 aliphatic heterocycles. The Morgan fingerprint density at radius 1 is 1.47 bits per heavy atom. The number of nitrogens with zero attached hydrogens (tertiary/aromatic N) is 2. The highest BCUT2D eigenvalue weighted by atomic mass is 35.5. The zero-order chi connectivity index (χ0) is 14.3. The van der Waals surface area contributed by atoms with E-state index in [9.17, 15) is 8.78 Å². The Morgan fingerprint density at radius 2 is 2.21 bits per heavy atom. The van der Waals surface area contributed by atoms with E-state index >= 15 is 0 Å². The van der Waals surface area contributed by atoms with Gasteiger partial charge in [-0.15, -0.1) is 0 Å².